The fraction of sp³-hybridized carbons (Fsp3) is 0.333. The number of aromatic nitrogens is 1. The van der Waals surface area contributed by atoms with Gasteiger partial charge in [0.25, 0.3) is 0 Å². The third kappa shape index (κ3) is 3.59. The van der Waals surface area contributed by atoms with Crippen molar-refractivity contribution >= 4 is 33.7 Å². The van der Waals surface area contributed by atoms with Crippen LogP contribution in [0.1, 0.15) is 35.7 Å². The first-order valence-corrected chi connectivity index (χ1v) is 13.2. The van der Waals surface area contributed by atoms with Crippen LogP contribution in [0.5, 0.6) is 0 Å². The Kier molecular flexibility index (Phi) is 5.20. The Labute approximate surface area is 215 Å². The van der Waals surface area contributed by atoms with Gasteiger partial charge in [-0.15, -0.1) is 0 Å². The second-order valence-corrected chi connectivity index (χ2v) is 10.5. The number of halogens is 1. The van der Waals surface area contributed by atoms with Crippen molar-refractivity contribution in [2.75, 3.05) is 54.0 Å². The van der Waals surface area contributed by atoms with E-state index in [-0.39, 0.29) is 11.6 Å². The SMILES string of the molecule is C[C@H]1CCCN(c2cc(N3CCN(c4ccc(F)cc4)CC3)c3noc4c3c2C(=O)c2ccccc2-4)C1. The molecule has 0 saturated carbocycles. The number of carbonyl (C=O) groups is 1. The molecule has 3 aliphatic rings. The zero-order chi connectivity index (χ0) is 25.1. The molecule has 3 heterocycles. The highest BCUT2D eigenvalue weighted by atomic mass is 19.1. The molecule has 0 bridgehead atoms. The number of hydrogen-bond acceptors (Lipinski definition) is 6. The van der Waals surface area contributed by atoms with Crippen molar-refractivity contribution in [3.05, 3.63) is 71.5 Å². The third-order valence-electron chi connectivity index (χ3n) is 8.17. The normalized spacial score (nSPS) is 19.5. The van der Waals surface area contributed by atoms with Crippen LogP contribution in [-0.2, 0) is 0 Å². The Bertz CT molecular complexity index is 1500. The van der Waals surface area contributed by atoms with Crippen molar-refractivity contribution in [3.8, 4) is 11.3 Å². The second kappa shape index (κ2) is 8.61. The van der Waals surface area contributed by atoms with Gasteiger partial charge >= 0.3 is 0 Å². The first-order valence-electron chi connectivity index (χ1n) is 13.2. The summed E-state index contributed by atoms with van der Waals surface area (Å²) < 4.78 is 19.4. The standard InChI is InChI=1S/C30H29FN4O2/c1-19-5-4-12-35(18-19)24-17-25(34-15-13-33(14-16-34)21-10-8-20(31)9-11-21)28-27-26(24)29(36)22-6-2-3-7-23(22)30(27)37-32-28/h2-3,6-11,17,19H,4-5,12-16,18H2,1H3/t19-/m0/s1. The average molecular weight is 497 g/mol. The van der Waals surface area contributed by atoms with E-state index >= 15 is 0 Å². The van der Waals surface area contributed by atoms with Crippen LogP contribution >= 0.6 is 0 Å². The van der Waals surface area contributed by atoms with Gasteiger partial charge < -0.3 is 19.2 Å². The highest BCUT2D eigenvalue weighted by Crippen LogP contribution is 2.47. The van der Waals surface area contributed by atoms with Crippen LogP contribution in [0.4, 0.5) is 21.5 Å². The number of ketones is 1. The van der Waals surface area contributed by atoms with E-state index in [0.717, 1.165) is 84.8 Å². The van der Waals surface area contributed by atoms with E-state index < -0.39 is 0 Å². The molecular formula is C30H29FN4O2. The number of benzene rings is 3. The fourth-order valence-corrected chi connectivity index (χ4v) is 6.28. The zero-order valence-corrected chi connectivity index (χ0v) is 20.9. The van der Waals surface area contributed by atoms with E-state index in [4.69, 9.17) is 4.52 Å². The van der Waals surface area contributed by atoms with Gasteiger partial charge in [0, 0.05) is 56.1 Å². The Morgan fingerprint density at radius 3 is 2.38 bits per heavy atom. The van der Waals surface area contributed by atoms with Gasteiger partial charge in [0.1, 0.15) is 11.3 Å². The molecule has 3 aromatic carbocycles. The molecule has 0 amide bonds. The number of anilines is 3. The van der Waals surface area contributed by atoms with Gasteiger partial charge in [-0.1, -0.05) is 36.3 Å². The summed E-state index contributed by atoms with van der Waals surface area (Å²) in [5, 5.41) is 5.39. The molecular weight excluding hydrogens is 467 g/mol. The molecule has 1 atom stereocenters. The molecule has 188 valence electrons. The summed E-state index contributed by atoms with van der Waals surface area (Å²) in [6.07, 6.45) is 2.33. The van der Waals surface area contributed by atoms with Gasteiger partial charge in [-0.05, 0) is 49.1 Å². The molecule has 2 fully saturated rings. The lowest BCUT2D eigenvalue weighted by Crippen LogP contribution is -2.46. The van der Waals surface area contributed by atoms with Crippen molar-refractivity contribution < 1.29 is 13.7 Å². The van der Waals surface area contributed by atoms with E-state index in [1.54, 1.807) is 0 Å². The molecule has 1 aromatic heterocycles. The minimum Gasteiger partial charge on any atom is -0.371 e. The first kappa shape index (κ1) is 22.3. The van der Waals surface area contributed by atoms with Gasteiger partial charge in [0.15, 0.2) is 11.5 Å². The summed E-state index contributed by atoms with van der Waals surface area (Å²) in [6, 6.07) is 16.6. The number of piperazine rings is 1. The molecule has 0 unspecified atom stereocenters. The predicted octanol–water partition coefficient (Wildman–Crippen LogP) is 5.74. The lowest BCUT2D eigenvalue weighted by molar-refractivity contribution is 0.104. The van der Waals surface area contributed by atoms with Crippen LogP contribution in [-0.4, -0.2) is 50.2 Å². The molecule has 37 heavy (non-hydrogen) atoms. The monoisotopic (exact) mass is 496 g/mol. The summed E-state index contributed by atoms with van der Waals surface area (Å²) in [5.74, 6) is 1.10. The highest BCUT2D eigenvalue weighted by molar-refractivity contribution is 6.28. The molecule has 2 saturated heterocycles. The average Bonchev–Trinajstić information content (AvgIpc) is 3.37. The summed E-state index contributed by atoms with van der Waals surface area (Å²) in [4.78, 5) is 20.9. The Morgan fingerprint density at radius 2 is 1.62 bits per heavy atom. The van der Waals surface area contributed by atoms with Crippen molar-refractivity contribution in [1.82, 2.24) is 5.16 Å². The second-order valence-electron chi connectivity index (χ2n) is 10.5. The van der Waals surface area contributed by atoms with Crippen LogP contribution in [0.2, 0.25) is 0 Å². The minimum absolute atomic E-state index is 0.0530. The van der Waals surface area contributed by atoms with Crippen LogP contribution < -0.4 is 14.7 Å². The van der Waals surface area contributed by atoms with E-state index in [0.29, 0.717) is 17.2 Å². The van der Waals surface area contributed by atoms with Crippen LogP contribution in [0.3, 0.4) is 0 Å². The Balaban J connectivity index is 1.33. The van der Waals surface area contributed by atoms with E-state index in [1.807, 2.05) is 36.4 Å². The molecule has 1 aliphatic carbocycles. The van der Waals surface area contributed by atoms with Gasteiger partial charge in [-0.3, -0.25) is 4.79 Å². The van der Waals surface area contributed by atoms with Crippen molar-refractivity contribution in [2.45, 2.75) is 19.8 Å². The molecule has 0 N–H and O–H groups in total. The number of rotatable bonds is 3. The summed E-state index contributed by atoms with van der Waals surface area (Å²) >= 11 is 0. The van der Waals surface area contributed by atoms with Crippen molar-refractivity contribution in [2.24, 2.45) is 5.92 Å². The molecule has 7 heteroatoms. The van der Waals surface area contributed by atoms with Gasteiger partial charge in [0.05, 0.1) is 22.3 Å². The summed E-state index contributed by atoms with van der Waals surface area (Å²) in [6.45, 7) is 7.40. The van der Waals surface area contributed by atoms with Gasteiger partial charge in [0.2, 0.25) is 0 Å². The lowest BCUT2D eigenvalue weighted by atomic mass is 9.85. The smallest absolute Gasteiger partial charge is 0.196 e. The predicted molar refractivity (Wildman–Crippen MR) is 144 cm³/mol. The molecule has 4 aromatic rings. The van der Waals surface area contributed by atoms with Crippen LogP contribution in [0.15, 0.2) is 59.1 Å². The molecule has 7 rings (SSSR count). The Hall–Kier alpha value is -3.87. The number of nitrogens with zero attached hydrogens (tertiary/aromatic N) is 4. The first-order chi connectivity index (χ1) is 18.1. The topological polar surface area (TPSA) is 52.8 Å². The van der Waals surface area contributed by atoms with E-state index in [9.17, 15) is 9.18 Å². The molecule has 0 spiro atoms. The van der Waals surface area contributed by atoms with E-state index in [2.05, 4.69) is 32.8 Å². The maximum atomic E-state index is 13.9. The zero-order valence-electron chi connectivity index (χ0n) is 20.9. The quantitative estimate of drug-likeness (QED) is 0.318. The van der Waals surface area contributed by atoms with Crippen LogP contribution in [0.25, 0.3) is 22.2 Å². The van der Waals surface area contributed by atoms with E-state index in [1.165, 1.54) is 18.6 Å². The fourth-order valence-electron chi connectivity index (χ4n) is 6.28. The summed E-state index contributed by atoms with van der Waals surface area (Å²) in [5.41, 5.74) is 6.04. The third-order valence-corrected chi connectivity index (χ3v) is 8.17. The number of piperidine rings is 1. The molecule has 0 radical (unpaired) electrons. The van der Waals surface area contributed by atoms with Crippen molar-refractivity contribution in [3.63, 3.8) is 0 Å². The number of hydrogen-bond donors (Lipinski definition) is 0. The Morgan fingerprint density at radius 1 is 0.892 bits per heavy atom. The number of fused-ring (bicyclic) bond motifs is 2. The van der Waals surface area contributed by atoms with Gasteiger partial charge in [-0.2, -0.15) is 0 Å². The maximum Gasteiger partial charge on any atom is 0.196 e. The van der Waals surface area contributed by atoms with Crippen molar-refractivity contribution in [1.29, 1.82) is 0 Å². The summed E-state index contributed by atoms with van der Waals surface area (Å²) in [7, 11) is 0. The largest absolute Gasteiger partial charge is 0.371 e. The minimum atomic E-state index is -0.219. The van der Waals surface area contributed by atoms with Crippen LogP contribution in [0, 0.1) is 11.7 Å². The lowest BCUT2D eigenvalue weighted by Gasteiger charge is -2.39. The van der Waals surface area contributed by atoms with Gasteiger partial charge in [-0.25, -0.2) is 4.39 Å². The maximum absolute atomic E-state index is 13.9. The number of carbonyl (C=O) groups excluding carboxylic acids is 1. The molecule has 2 aliphatic heterocycles. The molecule has 6 nitrogen and oxygen atoms in total. The highest BCUT2D eigenvalue weighted by Gasteiger charge is 2.36.